The molecule has 3 nitrogen and oxygen atoms in total. The summed E-state index contributed by atoms with van der Waals surface area (Å²) < 4.78 is 0. The molecule has 0 radical (unpaired) electrons. The number of benzene rings is 2. The zero-order valence-corrected chi connectivity index (χ0v) is 12.4. The maximum atomic E-state index is 11.9. The number of anilines is 2. The van der Waals surface area contributed by atoms with E-state index >= 15 is 0 Å². The van der Waals surface area contributed by atoms with Crippen LogP contribution in [0.5, 0.6) is 0 Å². The monoisotopic (exact) mass is 300 g/mol. The highest BCUT2D eigenvalue weighted by atomic mass is 35.5. The Hall–Kier alpha value is -2.00. The molecule has 3 rings (SSSR count). The third-order valence-electron chi connectivity index (χ3n) is 3.68. The average molecular weight is 301 g/mol. The minimum Gasteiger partial charge on any atom is -0.376 e. The molecule has 0 spiro atoms. The van der Waals surface area contributed by atoms with E-state index in [9.17, 15) is 4.79 Å². The molecule has 4 heteroatoms. The van der Waals surface area contributed by atoms with Crippen LogP contribution in [0, 0.1) is 0 Å². The largest absolute Gasteiger partial charge is 0.376 e. The lowest BCUT2D eigenvalue weighted by molar-refractivity contribution is -0.114. The summed E-state index contributed by atoms with van der Waals surface area (Å²) in [6.07, 6.45) is 3.55. The summed E-state index contributed by atoms with van der Waals surface area (Å²) in [5.41, 5.74) is 4.59. The van der Waals surface area contributed by atoms with Crippen LogP contribution in [-0.4, -0.2) is 12.5 Å². The normalized spacial score (nSPS) is 12.8. The molecule has 108 valence electrons. The van der Waals surface area contributed by atoms with Gasteiger partial charge in [0.2, 0.25) is 5.91 Å². The molecule has 0 unspecified atom stereocenters. The number of aryl methyl sites for hydroxylation is 2. The van der Waals surface area contributed by atoms with E-state index in [1.54, 1.807) is 24.3 Å². The number of rotatable bonds is 4. The van der Waals surface area contributed by atoms with Gasteiger partial charge >= 0.3 is 0 Å². The first-order valence-corrected chi connectivity index (χ1v) is 7.49. The SMILES string of the molecule is O=C(CNc1ccc2c(c1)CCC2)Nc1ccc(Cl)cc1. The molecule has 0 atom stereocenters. The van der Waals surface area contributed by atoms with Crippen molar-refractivity contribution in [3.63, 3.8) is 0 Å². The van der Waals surface area contributed by atoms with Crippen LogP contribution in [0.3, 0.4) is 0 Å². The highest BCUT2D eigenvalue weighted by Gasteiger charge is 2.11. The molecule has 1 amide bonds. The summed E-state index contributed by atoms with van der Waals surface area (Å²) in [5.74, 6) is -0.0715. The van der Waals surface area contributed by atoms with Crippen molar-refractivity contribution in [2.24, 2.45) is 0 Å². The van der Waals surface area contributed by atoms with E-state index in [0.717, 1.165) is 17.8 Å². The maximum absolute atomic E-state index is 11.9. The summed E-state index contributed by atoms with van der Waals surface area (Å²) in [5, 5.41) is 6.66. The summed E-state index contributed by atoms with van der Waals surface area (Å²) in [6.45, 7) is 0.251. The lowest BCUT2D eigenvalue weighted by Crippen LogP contribution is -2.21. The number of amides is 1. The Morgan fingerprint density at radius 3 is 2.52 bits per heavy atom. The summed E-state index contributed by atoms with van der Waals surface area (Å²) in [4.78, 5) is 11.9. The number of hydrogen-bond acceptors (Lipinski definition) is 2. The van der Waals surface area contributed by atoms with Gasteiger partial charge in [-0.05, 0) is 66.8 Å². The number of nitrogens with one attached hydrogen (secondary N) is 2. The summed E-state index contributed by atoms with van der Waals surface area (Å²) in [7, 11) is 0. The Labute approximate surface area is 129 Å². The number of carbonyl (C=O) groups excluding carboxylic acids is 1. The van der Waals surface area contributed by atoms with Crippen molar-refractivity contribution in [3.8, 4) is 0 Å². The molecule has 1 aliphatic carbocycles. The number of halogens is 1. The lowest BCUT2D eigenvalue weighted by Gasteiger charge is -2.09. The van der Waals surface area contributed by atoms with Crippen molar-refractivity contribution >= 4 is 28.9 Å². The fourth-order valence-corrected chi connectivity index (χ4v) is 2.73. The Morgan fingerprint density at radius 1 is 1.00 bits per heavy atom. The van der Waals surface area contributed by atoms with Crippen molar-refractivity contribution in [2.75, 3.05) is 17.2 Å². The smallest absolute Gasteiger partial charge is 0.243 e. The molecular weight excluding hydrogens is 284 g/mol. The molecule has 0 heterocycles. The quantitative estimate of drug-likeness (QED) is 0.899. The molecule has 0 aromatic heterocycles. The highest BCUT2D eigenvalue weighted by molar-refractivity contribution is 6.30. The molecular formula is C17H17ClN2O. The van der Waals surface area contributed by atoms with Gasteiger partial charge in [-0.25, -0.2) is 0 Å². The molecule has 2 N–H and O–H groups in total. The first kappa shape index (κ1) is 14.0. The zero-order valence-electron chi connectivity index (χ0n) is 11.7. The Balaban J connectivity index is 1.55. The Bertz CT molecular complexity index is 652. The van der Waals surface area contributed by atoms with Gasteiger partial charge in [0.1, 0.15) is 0 Å². The Kier molecular flexibility index (Phi) is 4.11. The van der Waals surface area contributed by atoms with E-state index in [0.29, 0.717) is 5.02 Å². The minimum absolute atomic E-state index is 0.0715. The molecule has 2 aromatic rings. The van der Waals surface area contributed by atoms with Crippen molar-refractivity contribution in [3.05, 3.63) is 58.6 Å². The van der Waals surface area contributed by atoms with E-state index in [1.807, 2.05) is 6.07 Å². The first-order chi connectivity index (χ1) is 10.2. The van der Waals surface area contributed by atoms with Crippen molar-refractivity contribution in [2.45, 2.75) is 19.3 Å². The van der Waals surface area contributed by atoms with Crippen LogP contribution in [0.15, 0.2) is 42.5 Å². The van der Waals surface area contributed by atoms with E-state index in [1.165, 1.54) is 24.0 Å². The predicted octanol–water partition coefficient (Wildman–Crippen LogP) is 3.88. The molecule has 0 saturated carbocycles. The van der Waals surface area contributed by atoms with Gasteiger partial charge in [0, 0.05) is 16.4 Å². The number of carbonyl (C=O) groups is 1. The molecule has 2 aromatic carbocycles. The lowest BCUT2D eigenvalue weighted by atomic mass is 10.1. The van der Waals surface area contributed by atoms with Crippen molar-refractivity contribution < 1.29 is 4.79 Å². The second-order valence-electron chi connectivity index (χ2n) is 5.25. The van der Waals surface area contributed by atoms with Gasteiger partial charge in [-0.1, -0.05) is 17.7 Å². The fourth-order valence-electron chi connectivity index (χ4n) is 2.60. The van der Waals surface area contributed by atoms with Gasteiger partial charge in [0.25, 0.3) is 0 Å². The van der Waals surface area contributed by atoms with E-state index < -0.39 is 0 Å². The van der Waals surface area contributed by atoms with Gasteiger partial charge in [-0.3, -0.25) is 4.79 Å². The van der Waals surface area contributed by atoms with E-state index in [2.05, 4.69) is 22.8 Å². The van der Waals surface area contributed by atoms with Crippen LogP contribution < -0.4 is 10.6 Å². The minimum atomic E-state index is -0.0715. The van der Waals surface area contributed by atoms with Crippen LogP contribution in [0.4, 0.5) is 11.4 Å². The van der Waals surface area contributed by atoms with Gasteiger partial charge < -0.3 is 10.6 Å². The summed E-state index contributed by atoms with van der Waals surface area (Å²) in [6, 6.07) is 13.4. The third kappa shape index (κ3) is 3.56. The van der Waals surface area contributed by atoms with E-state index in [4.69, 9.17) is 11.6 Å². The second-order valence-corrected chi connectivity index (χ2v) is 5.68. The summed E-state index contributed by atoms with van der Waals surface area (Å²) >= 11 is 5.81. The first-order valence-electron chi connectivity index (χ1n) is 7.12. The standard InChI is InChI=1S/C17H17ClN2O/c18-14-5-8-15(9-6-14)20-17(21)11-19-16-7-4-12-2-1-3-13(12)10-16/h4-10,19H,1-3,11H2,(H,20,21). The van der Waals surface area contributed by atoms with Crippen LogP contribution >= 0.6 is 11.6 Å². The second kappa shape index (κ2) is 6.19. The van der Waals surface area contributed by atoms with E-state index in [-0.39, 0.29) is 12.5 Å². The molecule has 0 aliphatic heterocycles. The van der Waals surface area contributed by atoms with Gasteiger partial charge in [-0.2, -0.15) is 0 Å². The number of fused-ring (bicyclic) bond motifs is 1. The predicted molar refractivity (Wildman–Crippen MR) is 87.0 cm³/mol. The van der Waals surface area contributed by atoms with Crippen LogP contribution in [0.2, 0.25) is 5.02 Å². The zero-order chi connectivity index (χ0) is 14.7. The molecule has 0 fully saturated rings. The molecule has 21 heavy (non-hydrogen) atoms. The van der Waals surface area contributed by atoms with Crippen LogP contribution in [-0.2, 0) is 17.6 Å². The van der Waals surface area contributed by atoms with Crippen molar-refractivity contribution in [1.82, 2.24) is 0 Å². The van der Waals surface area contributed by atoms with Crippen LogP contribution in [0.1, 0.15) is 17.5 Å². The van der Waals surface area contributed by atoms with Crippen LogP contribution in [0.25, 0.3) is 0 Å². The maximum Gasteiger partial charge on any atom is 0.243 e. The van der Waals surface area contributed by atoms with Crippen molar-refractivity contribution in [1.29, 1.82) is 0 Å². The highest BCUT2D eigenvalue weighted by Crippen LogP contribution is 2.24. The number of hydrogen-bond donors (Lipinski definition) is 2. The molecule has 0 saturated heterocycles. The Morgan fingerprint density at radius 2 is 1.71 bits per heavy atom. The molecule has 1 aliphatic rings. The average Bonchev–Trinajstić information content (AvgIpc) is 2.95. The van der Waals surface area contributed by atoms with Gasteiger partial charge in [0.15, 0.2) is 0 Å². The third-order valence-corrected chi connectivity index (χ3v) is 3.93. The van der Waals surface area contributed by atoms with Gasteiger partial charge in [0.05, 0.1) is 6.54 Å². The fraction of sp³-hybridized carbons (Fsp3) is 0.235. The molecule has 0 bridgehead atoms. The topological polar surface area (TPSA) is 41.1 Å². The van der Waals surface area contributed by atoms with Gasteiger partial charge in [-0.15, -0.1) is 0 Å².